The van der Waals surface area contributed by atoms with E-state index in [1.165, 1.54) is 6.92 Å². The van der Waals surface area contributed by atoms with E-state index in [0.717, 1.165) is 5.56 Å². The summed E-state index contributed by atoms with van der Waals surface area (Å²) in [5, 5.41) is 0. The first-order chi connectivity index (χ1) is 6.20. The van der Waals surface area contributed by atoms with Gasteiger partial charge in [0.25, 0.3) is 0 Å². The van der Waals surface area contributed by atoms with Crippen molar-refractivity contribution in [2.75, 3.05) is 5.73 Å². The van der Waals surface area contributed by atoms with Crippen molar-refractivity contribution >= 4 is 11.7 Å². The van der Waals surface area contributed by atoms with Crippen LogP contribution in [0.3, 0.4) is 0 Å². The van der Waals surface area contributed by atoms with E-state index >= 15 is 0 Å². The molecule has 80 valence electrons. The number of carbonyl (C=O) groups is 1. The smallest absolute Gasteiger partial charge is 0.321 e. The van der Waals surface area contributed by atoms with Gasteiger partial charge in [0, 0.05) is 29.1 Å². The molecule has 3 N–H and O–H groups in total. The van der Waals surface area contributed by atoms with Crippen molar-refractivity contribution < 1.29 is 26.1 Å². The van der Waals surface area contributed by atoms with E-state index in [-0.39, 0.29) is 22.5 Å². The summed E-state index contributed by atoms with van der Waals surface area (Å²) in [6.45, 7) is 1.76. The number of anilines is 1. The number of nitrogen functional groups attached to an aromatic ring is 1. The van der Waals surface area contributed by atoms with Gasteiger partial charge in [-0.15, -0.1) is 5.48 Å². The van der Waals surface area contributed by atoms with Crippen LogP contribution in [0.2, 0.25) is 0 Å². The van der Waals surface area contributed by atoms with Gasteiger partial charge in [0.1, 0.15) is 0 Å². The Labute approximate surface area is 92.7 Å². The van der Waals surface area contributed by atoms with Crippen molar-refractivity contribution in [3.63, 3.8) is 0 Å². The third-order valence-corrected chi connectivity index (χ3v) is 1.53. The third kappa shape index (κ3) is 4.26. The molecule has 0 aliphatic rings. The van der Waals surface area contributed by atoms with E-state index in [0.29, 0.717) is 12.2 Å². The Hall–Kier alpha value is -1.06. The zero-order valence-corrected chi connectivity index (χ0v) is 8.71. The molecular formula is C9H12N2NiO2. The van der Waals surface area contributed by atoms with Gasteiger partial charge in [-0.2, -0.15) is 0 Å². The molecule has 0 radical (unpaired) electrons. The summed E-state index contributed by atoms with van der Waals surface area (Å²) in [7, 11) is 0. The van der Waals surface area contributed by atoms with Crippen LogP contribution in [-0.2, 0) is 32.7 Å². The molecule has 0 fully saturated rings. The molecule has 0 unspecified atom stereocenters. The zero-order valence-electron chi connectivity index (χ0n) is 7.73. The number of carbonyl (C=O) groups excluding carboxylic acids is 1. The van der Waals surface area contributed by atoms with Crippen LogP contribution in [0.1, 0.15) is 12.5 Å². The van der Waals surface area contributed by atoms with Crippen LogP contribution >= 0.6 is 0 Å². The number of nitrogens with two attached hydrogens (primary N) is 1. The summed E-state index contributed by atoms with van der Waals surface area (Å²) in [5.74, 6) is -0.366. The predicted octanol–water partition coefficient (Wildman–Crippen LogP) is 0.834. The third-order valence-electron chi connectivity index (χ3n) is 1.53. The molecule has 0 bridgehead atoms. The first-order valence-electron chi connectivity index (χ1n) is 3.94. The molecule has 0 amide bonds. The number of benzene rings is 1. The second-order valence-electron chi connectivity index (χ2n) is 2.61. The summed E-state index contributed by atoms with van der Waals surface area (Å²) >= 11 is 0. The van der Waals surface area contributed by atoms with Gasteiger partial charge in [-0.3, -0.25) is 4.79 Å². The van der Waals surface area contributed by atoms with Crippen molar-refractivity contribution in [1.29, 1.82) is 0 Å². The Morgan fingerprint density at radius 1 is 1.50 bits per heavy atom. The maximum Gasteiger partial charge on any atom is 0.321 e. The van der Waals surface area contributed by atoms with E-state index in [1.807, 2.05) is 18.2 Å². The maximum atomic E-state index is 10.4. The first kappa shape index (κ1) is 12.9. The molecule has 0 saturated heterocycles. The van der Waals surface area contributed by atoms with E-state index < -0.39 is 0 Å². The molecule has 1 rings (SSSR count). The SMILES string of the molecule is CC(=O)ONCc1ccccc1N.[Ni]. The fraction of sp³-hybridized carbons (Fsp3) is 0.222. The second kappa shape index (κ2) is 6.41. The zero-order chi connectivity index (χ0) is 9.68. The maximum absolute atomic E-state index is 10.4. The van der Waals surface area contributed by atoms with Gasteiger partial charge in [-0.05, 0) is 11.6 Å². The standard InChI is InChI=1S/C9H12N2O2.Ni/c1-7(12)13-11-6-8-4-2-3-5-9(8)10;/h2-5,11H,6,10H2,1H3;. The minimum absolute atomic E-state index is 0. The Morgan fingerprint density at radius 2 is 2.14 bits per heavy atom. The molecule has 4 nitrogen and oxygen atoms in total. The van der Waals surface area contributed by atoms with Crippen LogP contribution < -0.4 is 11.2 Å². The summed E-state index contributed by atoms with van der Waals surface area (Å²) in [5.41, 5.74) is 9.76. The number of hydrogen-bond donors (Lipinski definition) is 2. The van der Waals surface area contributed by atoms with Crippen LogP contribution in [0.25, 0.3) is 0 Å². The van der Waals surface area contributed by atoms with Gasteiger partial charge in [0.05, 0.1) is 6.54 Å². The molecule has 5 heteroatoms. The average molecular weight is 239 g/mol. The second-order valence-corrected chi connectivity index (χ2v) is 2.61. The van der Waals surface area contributed by atoms with Gasteiger partial charge in [0.2, 0.25) is 0 Å². The summed E-state index contributed by atoms with van der Waals surface area (Å²) in [6, 6.07) is 7.39. The number of para-hydroxylation sites is 1. The minimum atomic E-state index is -0.366. The van der Waals surface area contributed by atoms with Crippen molar-refractivity contribution in [1.82, 2.24) is 5.48 Å². The van der Waals surface area contributed by atoms with E-state index in [2.05, 4.69) is 10.3 Å². The monoisotopic (exact) mass is 238 g/mol. The molecule has 0 atom stereocenters. The van der Waals surface area contributed by atoms with Crippen LogP contribution in [0.5, 0.6) is 0 Å². The normalized spacial score (nSPS) is 8.93. The number of nitrogens with one attached hydrogen (secondary N) is 1. The molecule has 1 aromatic carbocycles. The molecule has 0 aromatic heterocycles. The van der Waals surface area contributed by atoms with Crippen LogP contribution in [0.4, 0.5) is 5.69 Å². The average Bonchev–Trinajstić information content (AvgIpc) is 2.08. The molecule has 0 saturated carbocycles. The quantitative estimate of drug-likeness (QED) is 0.465. The van der Waals surface area contributed by atoms with E-state index in [4.69, 9.17) is 5.73 Å². The van der Waals surface area contributed by atoms with Crippen LogP contribution in [0, 0.1) is 0 Å². The predicted molar refractivity (Wildman–Crippen MR) is 49.5 cm³/mol. The molecule has 0 heterocycles. The van der Waals surface area contributed by atoms with Crippen LogP contribution in [-0.4, -0.2) is 5.97 Å². The Morgan fingerprint density at radius 3 is 2.71 bits per heavy atom. The van der Waals surface area contributed by atoms with Crippen molar-refractivity contribution in [2.24, 2.45) is 0 Å². The van der Waals surface area contributed by atoms with Crippen molar-refractivity contribution in [2.45, 2.75) is 13.5 Å². The van der Waals surface area contributed by atoms with Gasteiger partial charge in [-0.25, -0.2) is 0 Å². The largest absolute Gasteiger partial charge is 0.398 e. The van der Waals surface area contributed by atoms with E-state index in [1.54, 1.807) is 6.07 Å². The molecule has 1 aromatic rings. The Balaban J connectivity index is 0.00000169. The fourth-order valence-corrected chi connectivity index (χ4v) is 0.911. The van der Waals surface area contributed by atoms with Gasteiger partial charge >= 0.3 is 5.97 Å². The number of rotatable bonds is 3. The van der Waals surface area contributed by atoms with Crippen molar-refractivity contribution in [3.8, 4) is 0 Å². The molecule has 0 aliphatic heterocycles. The fourth-order valence-electron chi connectivity index (χ4n) is 0.911. The summed E-state index contributed by atoms with van der Waals surface area (Å²) in [4.78, 5) is 15.0. The van der Waals surface area contributed by atoms with Crippen LogP contribution in [0.15, 0.2) is 24.3 Å². The molecule has 0 aliphatic carbocycles. The minimum Gasteiger partial charge on any atom is -0.398 e. The first-order valence-corrected chi connectivity index (χ1v) is 3.94. The van der Waals surface area contributed by atoms with Gasteiger partial charge in [-0.1, -0.05) is 18.2 Å². The molecular weight excluding hydrogens is 227 g/mol. The van der Waals surface area contributed by atoms with E-state index in [9.17, 15) is 4.79 Å². The number of hydrogen-bond acceptors (Lipinski definition) is 4. The summed E-state index contributed by atoms with van der Waals surface area (Å²) in [6.07, 6.45) is 0. The Kier molecular flexibility index (Phi) is 5.92. The Bertz CT molecular complexity index is 305. The van der Waals surface area contributed by atoms with Gasteiger partial charge < -0.3 is 10.6 Å². The summed E-state index contributed by atoms with van der Waals surface area (Å²) < 4.78 is 0. The van der Waals surface area contributed by atoms with Crippen molar-refractivity contribution in [3.05, 3.63) is 29.8 Å². The molecule has 0 spiro atoms. The van der Waals surface area contributed by atoms with Gasteiger partial charge in [0.15, 0.2) is 0 Å². The topological polar surface area (TPSA) is 64.3 Å². The number of hydroxylamine groups is 1. The molecule has 14 heavy (non-hydrogen) atoms.